The van der Waals surface area contributed by atoms with Crippen LogP contribution in [0.15, 0.2) is 12.2 Å². The lowest BCUT2D eigenvalue weighted by atomic mass is 10.1. The minimum atomic E-state index is -0.0293. The van der Waals surface area contributed by atoms with Gasteiger partial charge in [-0.05, 0) is 38.5 Å². The second-order valence-corrected chi connectivity index (χ2v) is 5.49. The smallest absolute Gasteiger partial charge is 0.305 e. The van der Waals surface area contributed by atoms with Crippen LogP contribution in [0.25, 0.3) is 0 Å². The number of carbonyl (C=O) groups is 1. The summed E-state index contributed by atoms with van der Waals surface area (Å²) in [5.74, 6) is -0.0293. The van der Waals surface area contributed by atoms with Gasteiger partial charge in [0.05, 0.1) is 6.61 Å². The van der Waals surface area contributed by atoms with Crippen LogP contribution in [0.5, 0.6) is 0 Å². The minimum Gasteiger partial charge on any atom is -0.466 e. The molecule has 0 radical (unpaired) electrons. The Kier molecular flexibility index (Phi) is 15.6. The Morgan fingerprint density at radius 2 is 1.40 bits per heavy atom. The molecule has 0 heterocycles. The summed E-state index contributed by atoms with van der Waals surface area (Å²) in [6.07, 6.45) is 18.3. The Bertz CT molecular complexity index is 234. The Hall–Kier alpha value is -0.790. The summed E-state index contributed by atoms with van der Waals surface area (Å²) in [4.78, 5) is 11.3. The van der Waals surface area contributed by atoms with E-state index in [-0.39, 0.29) is 5.97 Å². The van der Waals surface area contributed by atoms with Crippen LogP contribution in [-0.2, 0) is 9.53 Å². The van der Waals surface area contributed by atoms with Gasteiger partial charge in [0.2, 0.25) is 0 Å². The van der Waals surface area contributed by atoms with Crippen LogP contribution in [0.1, 0.15) is 90.9 Å². The van der Waals surface area contributed by atoms with Crippen LogP contribution in [0, 0.1) is 0 Å². The molecule has 0 bridgehead atoms. The van der Waals surface area contributed by atoms with Gasteiger partial charge in [-0.1, -0.05) is 58.1 Å². The van der Waals surface area contributed by atoms with Crippen molar-refractivity contribution in [3.8, 4) is 0 Å². The van der Waals surface area contributed by atoms with Crippen molar-refractivity contribution in [3.63, 3.8) is 0 Å². The van der Waals surface area contributed by atoms with Gasteiger partial charge in [0.1, 0.15) is 0 Å². The summed E-state index contributed by atoms with van der Waals surface area (Å²) >= 11 is 0. The normalized spacial score (nSPS) is 11.1. The average molecular weight is 282 g/mol. The van der Waals surface area contributed by atoms with E-state index in [9.17, 15) is 4.79 Å². The topological polar surface area (TPSA) is 26.3 Å². The molecule has 0 aliphatic heterocycles. The largest absolute Gasteiger partial charge is 0.466 e. The van der Waals surface area contributed by atoms with E-state index in [0.717, 1.165) is 32.1 Å². The van der Waals surface area contributed by atoms with Gasteiger partial charge < -0.3 is 4.74 Å². The van der Waals surface area contributed by atoms with Gasteiger partial charge in [0, 0.05) is 6.42 Å². The fourth-order valence-electron chi connectivity index (χ4n) is 2.04. The quantitative estimate of drug-likeness (QED) is 0.228. The molecule has 0 fully saturated rings. The molecule has 0 aromatic rings. The van der Waals surface area contributed by atoms with Crippen molar-refractivity contribution in [1.82, 2.24) is 0 Å². The Morgan fingerprint density at radius 3 is 2.05 bits per heavy atom. The molecule has 0 unspecified atom stereocenters. The number of hydrogen-bond donors (Lipinski definition) is 0. The monoisotopic (exact) mass is 282 g/mol. The van der Waals surface area contributed by atoms with Gasteiger partial charge in [0.25, 0.3) is 0 Å². The molecule has 0 aromatic heterocycles. The van der Waals surface area contributed by atoms with Gasteiger partial charge in [-0.15, -0.1) is 0 Å². The second-order valence-electron chi connectivity index (χ2n) is 5.49. The van der Waals surface area contributed by atoms with Crippen LogP contribution < -0.4 is 0 Å². The zero-order valence-electron chi connectivity index (χ0n) is 13.7. The van der Waals surface area contributed by atoms with Crippen LogP contribution in [0.2, 0.25) is 0 Å². The standard InChI is InChI=1S/C18H34O2/c1-3-5-7-8-9-10-11-12-13-14-15-16-18(19)20-17-6-4-2/h11-12H,3-10,13-17H2,1-2H3/b12-11+. The van der Waals surface area contributed by atoms with Crippen LogP contribution in [0.3, 0.4) is 0 Å². The van der Waals surface area contributed by atoms with E-state index in [1.165, 1.54) is 38.5 Å². The molecule has 0 aliphatic carbocycles. The maximum atomic E-state index is 11.3. The van der Waals surface area contributed by atoms with Crippen molar-refractivity contribution in [2.75, 3.05) is 6.61 Å². The lowest BCUT2D eigenvalue weighted by molar-refractivity contribution is -0.143. The Morgan fingerprint density at radius 1 is 0.800 bits per heavy atom. The number of rotatable bonds is 14. The molecule has 118 valence electrons. The number of ether oxygens (including phenoxy) is 1. The third-order valence-electron chi connectivity index (χ3n) is 3.40. The van der Waals surface area contributed by atoms with E-state index < -0.39 is 0 Å². The maximum absolute atomic E-state index is 11.3. The van der Waals surface area contributed by atoms with E-state index in [0.29, 0.717) is 13.0 Å². The van der Waals surface area contributed by atoms with E-state index in [4.69, 9.17) is 4.74 Å². The maximum Gasteiger partial charge on any atom is 0.305 e. The summed E-state index contributed by atoms with van der Waals surface area (Å²) in [5.41, 5.74) is 0. The molecule has 0 spiro atoms. The van der Waals surface area contributed by atoms with Crippen molar-refractivity contribution < 1.29 is 9.53 Å². The Balaban J connectivity index is 3.20. The molecular formula is C18H34O2. The first-order valence-electron chi connectivity index (χ1n) is 8.61. The predicted molar refractivity (Wildman–Crippen MR) is 86.9 cm³/mol. The Labute approximate surface area is 126 Å². The first-order chi connectivity index (χ1) is 9.81. The number of unbranched alkanes of at least 4 members (excludes halogenated alkanes) is 8. The molecule has 2 nitrogen and oxygen atoms in total. The predicted octanol–water partition coefficient (Wildman–Crippen LogP) is 5.81. The molecule has 0 N–H and O–H groups in total. The van der Waals surface area contributed by atoms with Gasteiger partial charge in [-0.3, -0.25) is 4.79 Å². The summed E-state index contributed by atoms with van der Waals surface area (Å²) in [5, 5.41) is 0. The highest BCUT2D eigenvalue weighted by Gasteiger charge is 2.00. The second kappa shape index (κ2) is 16.3. The summed E-state index contributed by atoms with van der Waals surface area (Å²) in [6.45, 7) is 4.94. The fourth-order valence-corrected chi connectivity index (χ4v) is 2.04. The van der Waals surface area contributed by atoms with Gasteiger partial charge >= 0.3 is 5.97 Å². The molecule has 0 amide bonds. The van der Waals surface area contributed by atoms with Gasteiger partial charge in [-0.25, -0.2) is 0 Å². The van der Waals surface area contributed by atoms with E-state index in [1.54, 1.807) is 0 Å². The number of esters is 1. The first kappa shape index (κ1) is 19.2. The molecular weight excluding hydrogens is 248 g/mol. The van der Waals surface area contributed by atoms with E-state index in [1.807, 2.05) is 0 Å². The molecule has 20 heavy (non-hydrogen) atoms. The molecule has 0 aliphatic rings. The highest BCUT2D eigenvalue weighted by atomic mass is 16.5. The highest BCUT2D eigenvalue weighted by Crippen LogP contribution is 2.07. The number of allylic oxidation sites excluding steroid dienone is 2. The molecule has 0 saturated heterocycles. The SMILES string of the molecule is CCCCCCC/C=C/CCCCC(=O)OCCCC. The third-order valence-corrected chi connectivity index (χ3v) is 3.40. The molecule has 0 atom stereocenters. The van der Waals surface area contributed by atoms with Crippen molar-refractivity contribution in [2.24, 2.45) is 0 Å². The molecule has 0 rings (SSSR count). The molecule has 0 saturated carbocycles. The number of carbonyl (C=O) groups excluding carboxylic acids is 1. The third kappa shape index (κ3) is 15.3. The van der Waals surface area contributed by atoms with Crippen molar-refractivity contribution >= 4 is 5.97 Å². The van der Waals surface area contributed by atoms with E-state index in [2.05, 4.69) is 26.0 Å². The van der Waals surface area contributed by atoms with Crippen LogP contribution >= 0.6 is 0 Å². The highest BCUT2D eigenvalue weighted by molar-refractivity contribution is 5.69. The number of hydrogen-bond acceptors (Lipinski definition) is 2. The van der Waals surface area contributed by atoms with E-state index >= 15 is 0 Å². The lowest BCUT2D eigenvalue weighted by Crippen LogP contribution is -2.05. The lowest BCUT2D eigenvalue weighted by Gasteiger charge is -2.02. The molecule has 0 aromatic carbocycles. The zero-order valence-corrected chi connectivity index (χ0v) is 13.7. The fraction of sp³-hybridized carbons (Fsp3) is 0.833. The summed E-state index contributed by atoms with van der Waals surface area (Å²) in [7, 11) is 0. The van der Waals surface area contributed by atoms with Crippen molar-refractivity contribution in [3.05, 3.63) is 12.2 Å². The first-order valence-corrected chi connectivity index (χ1v) is 8.61. The van der Waals surface area contributed by atoms with Gasteiger partial charge in [0.15, 0.2) is 0 Å². The zero-order chi connectivity index (χ0) is 14.9. The average Bonchev–Trinajstić information content (AvgIpc) is 2.45. The summed E-state index contributed by atoms with van der Waals surface area (Å²) in [6, 6.07) is 0. The molecule has 2 heteroatoms. The van der Waals surface area contributed by atoms with Gasteiger partial charge in [-0.2, -0.15) is 0 Å². The van der Waals surface area contributed by atoms with Crippen LogP contribution in [0.4, 0.5) is 0 Å². The minimum absolute atomic E-state index is 0.0293. The van der Waals surface area contributed by atoms with Crippen molar-refractivity contribution in [2.45, 2.75) is 90.9 Å². The summed E-state index contributed by atoms with van der Waals surface area (Å²) < 4.78 is 5.12. The van der Waals surface area contributed by atoms with Crippen LogP contribution in [-0.4, -0.2) is 12.6 Å². The van der Waals surface area contributed by atoms with Crippen molar-refractivity contribution in [1.29, 1.82) is 0 Å².